The summed E-state index contributed by atoms with van der Waals surface area (Å²) >= 11 is 3.29. The molecule has 2 rings (SSSR count). The summed E-state index contributed by atoms with van der Waals surface area (Å²) in [5, 5.41) is 11.9. The van der Waals surface area contributed by atoms with Crippen LogP contribution < -0.4 is 5.32 Å². The molecular weight excluding hydrogens is 336 g/mol. The van der Waals surface area contributed by atoms with Crippen molar-refractivity contribution >= 4 is 33.6 Å². The lowest BCUT2D eigenvalue weighted by molar-refractivity contribution is 0.0698. The van der Waals surface area contributed by atoms with Crippen molar-refractivity contribution in [1.29, 1.82) is 0 Å². The number of piperidine rings is 1. The molecular formula is C15H19BrN2O3. The van der Waals surface area contributed by atoms with E-state index < -0.39 is 5.97 Å². The lowest BCUT2D eigenvalue weighted by atomic mass is 9.94. The number of carbonyl (C=O) groups excluding carboxylic acids is 1. The Hall–Kier alpha value is -1.56. The standard InChI is InChI=1S/C15H19BrN2O3/c1-9-5-6-18(10(2)7-9)15(21)17-13-8-11(16)3-4-12(13)14(19)20/h3-4,8-10H,5-7H2,1-2H3,(H,17,21)(H,19,20). The van der Waals surface area contributed by atoms with Gasteiger partial charge in [-0.1, -0.05) is 22.9 Å². The van der Waals surface area contributed by atoms with Gasteiger partial charge in [-0.25, -0.2) is 9.59 Å². The third-order valence-corrected chi connectivity index (χ3v) is 4.35. The number of nitrogens with one attached hydrogen (secondary N) is 1. The molecule has 2 unspecified atom stereocenters. The number of urea groups is 1. The minimum absolute atomic E-state index is 0.0876. The van der Waals surface area contributed by atoms with Crippen LogP contribution in [0.15, 0.2) is 22.7 Å². The van der Waals surface area contributed by atoms with Crippen LogP contribution in [-0.4, -0.2) is 34.6 Å². The van der Waals surface area contributed by atoms with Crippen LogP contribution >= 0.6 is 15.9 Å². The Balaban J connectivity index is 2.16. The van der Waals surface area contributed by atoms with Gasteiger partial charge in [0.05, 0.1) is 11.3 Å². The smallest absolute Gasteiger partial charge is 0.337 e. The van der Waals surface area contributed by atoms with E-state index >= 15 is 0 Å². The highest BCUT2D eigenvalue weighted by molar-refractivity contribution is 9.10. The minimum atomic E-state index is -1.06. The number of carboxylic acids is 1. The molecule has 1 aromatic carbocycles. The number of likely N-dealkylation sites (tertiary alicyclic amines) is 1. The van der Waals surface area contributed by atoms with Crippen molar-refractivity contribution in [2.24, 2.45) is 5.92 Å². The molecule has 1 fully saturated rings. The van der Waals surface area contributed by atoms with E-state index in [4.69, 9.17) is 0 Å². The Kier molecular flexibility index (Phi) is 4.88. The van der Waals surface area contributed by atoms with E-state index in [2.05, 4.69) is 28.2 Å². The molecule has 2 atom stereocenters. The summed E-state index contributed by atoms with van der Waals surface area (Å²) in [5.41, 5.74) is 0.400. The third kappa shape index (κ3) is 3.75. The molecule has 0 aliphatic carbocycles. The fourth-order valence-corrected chi connectivity index (χ4v) is 3.06. The second kappa shape index (κ2) is 6.47. The highest BCUT2D eigenvalue weighted by Crippen LogP contribution is 2.25. The van der Waals surface area contributed by atoms with E-state index in [0.29, 0.717) is 18.2 Å². The van der Waals surface area contributed by atoms with Gasteiger partial charge in [-0.15, -0.1) is 0 Å². The first-order chi connectivity index (χ1) is 9.88. The molecule has 0 saturated carbocycles. The summed E-state index contributed by atoms with van der Waals surface area (Å²) in [7, 11) is 0. The van der Waals surface area contributed by atoms with Crippen molar-refractivity contribution in [3.63, 3.8) is 0 Å². The summed E-state index contributed by atoms with van der Waals surface area (Å²) in [6, 6.07) is 4.65. The van der Waals surface area contributed by atoms with Gasteiger partial charge in [-0.3, -0.25) is 0 Å². The fraction of sp³-hybridized carbons (Fsp3) is 0.467. The van der Waals surface area contributed by atoms with Crippen molar-refractivity contribution in [2.75, 3.05) is 11.9 Å². The van der Waals surface area contributed by atoms with Crippen LogP contribution in [0.25, 0.3) is 0 Å². The number of amides is 2. The number of nitrogens with zero attached hydrogens (tertiary/aromatic N) is 1. The van der Waals surface area contributed by atoms with Crippen molar-refractivity contribution in [3.8, 4) is 0 Å². The molecule has 0 bridgehead atoms. The Labute approximate surface area is 132 Å². The Bertz CT molecular complexity index is 562. The minimum Gasteiger partial charge on any atom is -0.478 e. The largest absolute Gasteiger partial charge is 0.478 e. The van der Waals surface area contributed by atoms with Gasteiger partial charge in [0.2, 0.25) is 0 Å². The molecule has 1 aromatic rings. The number of hydrogen-bond acceptors (Lipinski definition) is 2. The van der Waals surface area contributed by atoms with E-state index in [1.807, 2.05) is 6.92 Å². The SMILES string of the molecule is CC1CCN(C(=O)Nc2cc(Br)ccc2C(=O)O)C(C)C1. The van der Waals surface area contributed by atoms with Crippen molar-refractivity contribution in [2.45, 2.75) is 32.7 Å². The van der Waals surface area contributed by atoms with Gasteiger partial charge in [0.1, 0.15) is 0 Å². The first-order valence-corrected chi connectivity index (χ1v) is 7.78. The van der Waals surface area contributed by atoms with Gasteiger partial charge in [0.15, 0.2) is 0 Å². The molecule has 1 saturated heterocycles. The number of hydrogen-bond donors (Lipinski definition) is 2. The van der Waals surface area contributed by atoms with Gasteiger partial charge in [0.25, 0.3) is 0 Å². The van der Waals surface area contributed by atoms with Crippen LogP contribution in [0.4, 0.5) is 10.5 Å². The van der Waals surface area contributed by atoms with Crippen LogP contribution in [0.2, 0.25) is 0 Å². The summed E-state index contributed by atoms with van der Waals surface area (Å²) in [6.45, 7) is 4.90. The van der Waals surface area contributed by atoms with Crippen LogP contribution in [0.3, 0.4) is 0 Å². The zero-order chi connectivity index (χ0) is 15.6. The number of rotatable bonds is 2. The zero-order valence-electron chi connectivity index (χ0n) is 12.1. The molecule has 0 aromatic heterocycles. The monoisotopic (exact) mass is 354 g/mol. The van der Waals surface area contributed by atoms with Crippen LogP contribution in [-0.2, 0) is 0 Å². The molecule has 21 heavy (non-hydrogen) atoms. The molecule has 5 nitrogen and oxygen atoms in total. The van der Waals surface area contributed by atoms with Crippen molar-refractivity contribution in [3.05, 3.63) is 28.2 Å². The fourth-order valence-electron chi connectivity index (χ4n) is 2.70. The van der Waals surface area contributed by atoms with Crippen LogP contribution in [0.1, 0.15) is 37.0 Å². The Morgan fingerprint density at radius 3 is 2.71 bits per heavy atom. The second-order valence-corrected chi connectivity index (χ2v) is 6.51. The van der Waals surface area contributed by atoms with Crippen LogP contribution in [0.5, 0.6) is 0 Å². The van der Waals surface area contributed by atoms with Gasteiger partial charge in [0, 0.05) is 17.1 Å². The Morgan fingerprint density at radius 2 is 2.10 bits per heavy atom. The lowest BCUT2D eigenvalue weighted by Crippen LogP contribution is -2.46. The summed E-state index contributed by atoms with van der Waals surface area (Å²) in [4.78, 5) is 25.4. The first-order valence-electron chi connectivity index (χ1n) is 6.99. The number of anilines is 1. The average Bonchev–Trinajstić information content (AvgIpc) is 2.37. The third-order valence-electron chi connectivity index (χ3n) is 3.85. The lowest BCUT2D eigenvalue weighted by Gasteiger charge is -2.36. The van der Waals surface area contributed by atoms with Crippen molar-refractivity contribution < 1.29 is 14.7 Å². The zero-order valence-corrected chi connectivity index (χ0v) is 13.7. The average molecular weight is 355 g/mol. The quantitative estimate of drug-likeness (QED) is 0.848. The molecule has 2 N–H and O–H groups in total. The van der Waals surface area contributed by atoms with Gasteiger partial charge >= 0.3 is 12.0 Å². The van der Waals surface area contributed by atoms with Crippen molar-refractivity contribution in [1.82, 2.24) is 4.90 Å². The second-order valence-electron chi connectivity index (χ2n) is 5.60. The molecule has 1 aliphatic heterocycles. The summed E-state index contributed by atoms with van der Waals surface area (Å²) in [5.74, 6) is -0.442. The molecule has 0 spiro atoms. The number of carbonyl (C=O) groups is 2. The van der Waals surface area contributed by atoms with Gasteiger partial charge < -0.3 is 15.3 Å². The van der Waals surface area contributed by atoms with E-state index in [1.54, 1.807) is 17.0 Å². The van der Waals surface area contributed by atoms with E-state index in [9.17, 15) is 14.7 Å². The molecule has 1 aliphatic rings. The van der Waals surface area contributed by atoms with E-state index in [1.165, 1.54) is 6.07 Å². The van der Waals surface area contributed by atoms with E-state index in [0.717, 1.165) is 17.3 Å². The maximum atomic E-state index is 12.4. The first kappa shape index (κ1) is 15.8. The van der Waals surface area contributed by atoms with E-state index in [-0.39, 0.29) is 17.6 Å². The molecule has 2 amide bonds. The summed E-state index contributed by atoms with van der Waals surface area (Å²) < 4.78 is 0.725. The maximum absolute atomic E-state index is 12.4. The number of benzene rings is 1. The molecule has 6 heteroatoms. The van der Waals surface area contributed by atoms with Crippen LogP contribution in [0, 0.1) is 5.92 Å². The summed E-state index contributed by atoms with van der Waals surface area (Å²) in [6.07, 6.45) is 1.94. The highest BCUT2D eigenvalue weighted by atomic mass is 79.9. The van der Waals surface area contributed by atoms with Gasteiger partial charge in [-0.05, 0) is 43.9 Å². The Morgan fingerprint density at radius 1 is 1.38 bits per heavy atom. The maximum Gasteiger partial charge on any atom is 0.337 e. The number of halogens is 1. The molecule has 0 radical (unpaired) electrons. The normalized spacial score (nSPS) is 22.0. The topological polar surface area (TPSA) is 69.6 Å². The predicted molar refractivity (Wildman–Crippen MR) is 84.7 cm³/mol. The van der Waals surface area contributed by atoms with Gasteiger partial charge in [-0.2, -0.15) is 0 Å². The number of carboxylic acid groups (broad SMARTS) is 1. The molecule has 114 valence electrons. The predicted octanol–water partition coefficient (Wildman–Crippen LogP) is 3.80. The number of aromatic carboxylic acids is 1. The highest BCUT2D eigenvalue weighted by Gasteiger charge is 2.27. The molecule has 1 heterocycles.